The molecule has 3 heterocycles. The summed E-state index contributed by atoms with van der Waals surface area (Å²) in [4.78, 5) is 27.9. The van der Waals surface area contributed by atoms with E-state index in [4.69, 9.17) is 14.3 Å². The van der Waals surface area contributed by atoms with Crippen LogP contribution in [0.2, 0.25) is 5.04 Å². The average molecular weight is 575 g/mol. The quantitative estimate of drug-likeness (QED) is 0.456. The Labute approximate surface area is 244 Å². The van der Waals surface area contributed by atoms with Gasteiger partial charge in [0.05, 0.1) is 24.9 Å². The summed E-state index contributed by atoms with van der Waals surface area (Å²) < 4.78 is 14.7. The van der Waals surface area contributed by atoms with Crippen LogP contribution in [-0.4, -0.2) is 59.8 Å². The third-order valence-corrected chi connectivity index (χ3v) is 13.0. The van der Waals surface area contributed by atoms with E-state index in [1.165, 1.54) is 10.4 Å². The van der Waals surface area contributed by atoms with E-state index in [1.807, 2.05) is 44.5 Å². The summed E-state index contributed by atoms with van der Waals surface area (Å²) >= 11 is 0. The minimum absolute atomic E-state index is 0.0934. The summed E-state index contributed by atoms with van der Waals surface area (Å²) in [5, 5.41) is 10.3. The highest BCUT2D eigenvalue weighted by molar-refractivity contribution is 6.99. The summed E-state index contributed by atoms with van der Waals surface area (Å²) in [6.07, 6.45) is 0.183. The minimum Gasteiger partial charge on any atom is -0.444 e. The molecule has 2 aliphatic heterocycles. The maximum atomic E-state index is 13.2. The molecule has 1 aromatic heterocycles. The molecule has 8 nitrogen and oxygen atoms in total. The summed E-state index contributed by atoms with van der Waals surface area (Å²) in [6.45, 7) is 15.4. The first-order valence-electron chi connectivity index (χ1n) is 14.4. The van der Waals surface area contributed by atoms with Crippen LogP contribution in [0.5, 0.6) is 0 Å². The Morgan fingerprint density at radius 1 is 1.00 bits per heavy atom. The standard InChI is InChI=1S/C32H42N4O4Si/c1-22-18-27-26(20-35(22)30(38)40-31(2,3)4)28-29(37)33-19-23(36(28)34-27)21-39-41(32(5,6)7,24-14-10-8-11-15-24)25-16-12-9-13-17-25/h8-17,22-23H,18-21H2,1-7H3,(H,33,37)/t22-,23+/m1/s1. The van der Waals surface area contributed by atoms with Crippen molar-refractivity contribution in [2.75, 3.05) is 13.2 Å². The first-order chi connectivity index (χ1) is 19.3. The molecular weight excluding hydrogens is 532 g/mol. The van der Waals surface area contributed by atoms with Gasteiger partial charge in [0.1, 0.15) is 11.3 Å². The predicted molar refractivity (Wildman–Crippen MR) is 162 cm³/mol. The zero-order valence-corrected chi connectivity index (χ0v) is 26.2. The molecule has 0 saturated carbocycles. The lowest BCUT2D eigenvalue weighted by Crippen LogP contribution is -2.67. The fourth-order valence-corrected chi connectivity index (χ4v) is 10.7. The highest BCUT2D eigenvalue weighted by Crippen LogP contribution is 2.38. The van der Waals surface area contributed by atoms with E-state index in [0.717, 1.165) is 11.3 Å². The number of rotatable bonds is 5. The van der Waals surface area contributed by atoms with Gasteiger partial charge < -0.3 is 19.4 Å². The number of fused-ring (bicyclic) bond motifs is 3. The van der Waals surface area contributed by atoms with E-state index in [0.29, 0.717) is 25.3 Å². The summed E-state index contributed by atoms with van der Waals surface area (Å²) in [6, 6.07) is 20.8. The van der Waals surface area contributed by atoms with Crippen LogP contribution in [0.15, 0.2) is 60.7 Å². The zero-order chi connectivity index (χ0) is 29.6. The topological polar surface area (TPSA) is 85.7 Å². The molecule has 0 aliphatic carbocycles. The maximum Gasteiger partial charge on any atom is 0.410 e. The number of carbonyl (C=O) groups excluding carboxylic acids is 2. The normalized spacial score (nSPS) is 19.3. The Bertz CT molecular complexity index is 1370. The molecular formula is C32H42N4O4Si. The fourth-order valence-electron chi connectivity index (χ4n) is 6.13. The number of benzene rings is 2. The molecule has 0 fully saturated rings. The lowest BCUT2D eigenvalue weighted by atomic mass is 9.99. The molecule has 3 aromatic rings. The molecule has 41 heavy (non-hydrogen) atoms. The van der Waals surface area contributed by atoms with Crippen molar-refractivity contribution in [2.45, 2.75) is 84.2 Å². The van der Waals surface area contributed by atoms with Gasteiger partial charge in [-0.1, -0.05) is 81.4 Å². The van der Waals surface area contributed by atoms with Crippen LogP contribution in [0.3, 0.4) is 0 Å². The van der Waals surface area contributed by atoms with Gasteiger partial charge in [-0.15, -0.1) is 0 Å². The first-order valence-corrected chi connectivity index (χ1v) is 16.4. The molecule has 0 bridgehead atoms. The second-order valence-electron chi connectivity index (χ2n) is 13.2. The molecule has 218 valence electrons. The van der Waals surface area contributed by atoms with Gasteiger partial charge in [-0.25, -0.2) is 4.79 Å². The largest absolute Gasteiger partial charge is 0.444 e. The second kappa shape index (κ2) is 10.8. The summed E-state index contributed by atoms with van der Waals surface area (Å²) in [5.74, 6) is -0.167. The number of hydrogen-bond acceptors (Lipinski definition) is 5. The van der Waals surface area contributed by atoms with Gasteiger partial charge in [0.25, 0.3) is 14.2 Å². The molecule has 1 N–H and O–H groups in total. The van der Waals surface area contributed by atoms with Crippen LogP contribution in [0.25, 0.3) is 0 Å². The van der Waals surface area contributed by atoms with Crippen LogP contribution >= 0.6 is 0 Å². The Morgan fingerprint density at radius 2 is 1.59 bits per heavy atom. The van der Waals surface area contributed by atoms with Gasteiger partial charge in [-0.2, -0.15) is 5.10 Å². The molecule has 0 radical (unpaired) electrons. The van der Waals surface area contributed by atoms with Gasteiger partial charge in [0.15, 0.2) is 0 Å². The van der Waals surface area contributed by atoms with E-state index in [-0.39, 0.29) is 35.7 Å². The van der Waals surface area contributed by atoms with Crippen molar-refractivity contribution < 1.29 is 18.8 Å². The number of hydrogen-bond donors (Lipinski definition) is 1. The number of amides is 2. The maximum absolute atomic E-state index is 13.2. The highest BCUT2D eigenvalue weighted by Gasteiger charge is 2.51. The van der Waals surface area contributed by atoms with Crippen LogP contribution < -0.4 is 15.7 Å². The van der Waals surface area contributed by atoms with Gasteiger partial charge in [-0.05, 0) is 43.1 Å². The Balaban J connectivity index is 1.49. The smallest absolute Gasteiger partial charge is 0.410 e. The van der Waals surface area contributed by atoms with Gasteiger partial charge in [0.2, 0.25) is 0 Å². The second-order valence-corrected chi connectivity index (χ2v) is 17.5. The monoisotopic (exact) mass is 574 g/mol. The van der Waals surface area contributed by atoms with Gasteiger partial charge >= 0.3 is 6.09 Å². The van der Waals surface area contributed by atoms with E-state index in [9.17, 15) is 9.59 Å². The van der Waals surface area contributed by atoms with E-state index < -0.39 is 13.9 Å². The van der Waals surface area contributed by atoms with E-state index in [2.05, 4.69) is 74.6 Å². The Kier molecular flexibility index (Phi) is 7.63. The Hall–Kier alpha value is -3.43. The molecule has 0 unspecified atom stereocenters. The van der Waals surface area contributed by atoms with Crippen LogP contribution in [0, 0.1) is 0 Å². The van der Waals surface area contributed by atoms with Crippen molar-refractivity contribution in [2.24, 2.45) is 0 Å². The third kappa shape index (κ3) is 5.45. The highest BCUT2D eigenvalue weighted by atomic mass is 28.4. The van der Waals surface area contributed by atoms with Crippen molar-refractivity contribution in [3.8, 4) is 0 Å². The van der Waals surface area contributed by atoms with Crippen LogP contribution in [-0.2, 0) is 22.1 Å². The molecule has 2 aliphatic rings. The van der Waals surface area contributed by atoms with Crippen molar-refractivity contribution in [3.63, 3.8) is 0 Å². The number of carbonyl (C=O) groups is 2. The third-order valence-electron chi connectivity index (χ3n) is 8.04. The number of nitrogens with zero attached hydrogens (tertiary/aromatic N) is 3. The zero-order valence-electron chi connectivity index (χ0n) is 25.2. The minimum atomic E-state index is -2.77. The predicted octanol–water partition coefficient (Wildman–Crippen LogP) is 4.43. The average Bonchev–Trinajstić information content (AvgIpc) is 3.28. The first kappa shape index (κ1) is 29.1. The SMILES string of the molecule is C[C@@H]1Cc2nn3c(c2CN1C(=O)OC(C)(C)C)C(=O)NC[C@H]3CO[Si](c1ccccc1)(c1ccccc1)C(C)(C)C. The van der Waals surface area contributed by atoms with E-state index in [1.54, 1.807) is 4.90 Å². The lowest BCUT2D eigenvalue weighted by Gasteiger charge is -2.44. The molecule has 2 aromatic carbocycles. The Morgan fingerprint density at radius 3 is 2.12 bits per heavy atom. The molecule has 5 rings (SSSR count). The molecule has 2 atom stereocenters. The lowest BCUT2D eigenvalue weighted by molar-refractivity contribution is 0.0136. The molecule has 9 heteroatoms. The van der Waals surface area contributed by atoms with E-state index >= 15 is 0 Å². The number of aromatic nitrogens is 2. The molecule has 2 amide bonds. The summed E-state index contributed by atoms with van der Waals surface area (Å²) in [5.41, 5.74) is 1.57. The van der Waals surface area contributed by atoms with Gasteiger partial charge in [0, 0.05) is 24.6 Å². The van der Waals surface area contributed by atoms with Gasteiger partial charge in [-0.3, -0.25) is 9.48 Å². The molecule has 0 saturated heterocycles. The fraction of sp³-hybridized carbons (Fsp3) is 0.469. The van der Waals surface area contributed by atoms with Crippen LogP contribution in [0.4, 0.5) is 4.79 Å². The van der Waals surface area contributed by atoms with Crippen molar-refractivity contribution in [1.29, 1.82) is 0 Å². The number of nitrogens with one attached hydrogen (secondary N) is 1. The van der Waals surface area contributed by atoms with Crippen molar-refractivity contribution in [1.82, 2.24) is 20.0 Å². The summed E-state index contributed by atoms with van der Waals surface area (Å²) in [7, 11) is -2.77. The van der Waals surface area contributed by atoms with Crippen molar-refractivity contribution in [3.05, 3.63) is 77.6 Å². The van der Waals surface area contributed by atoms with Crippen molar-refractivity contribution >= 4 is 30.7 Å². The number of ether oxygens (including phenoxy) is 1. The van der Waals surface area contributed by atoms with Crippen LogP contribution in [0.1, 0.15) is 76.3 Å². The molecule has 0 spiro atoms.